The summed E-state index contributed by atoms with van der Waals surface area (Å²) in [6.45, 7) is 6.37. The van der Waals surface area contributed by atoms with Crippen molar-refractivity contribution < 1.29 is 14.3 Å². The summed E-state index contributed by atoms with van der Waals surface area (Å²) in [5, 5.41) is 4.15. The third kappa shape index (κ3) is 6.42. The van der Waals surface area contributed by atoms with Crippen LogP contribution >= 0.6 is 0 Å². The maximum Gasteiger partial charge on any atom is 0.242 e. The van der Waals surface area contributed by atoms with Crippen molar-refractivity contribution in [2.24, 2.45) is 13.0 Å². The van der Waals surface area contributed by atoms with Crippen LogP contribution in [0.2, 0.25) is 0 Å². The molecule has 1 aliphatic rings. The first-order chi connectivity index (χ1) is 14.4. The van der Waals surface area contributed by atoms with E-state index in [1.54, 1.807) is 15.8 Å². The normalized spacial score (nSPS) is 17.5. The van der Waals surface area contributed by atoms with Gasteiger partial charge in [0.15, 0.2) is 0 Å². The first-order valence-electron chi connectivity index (χ1n) is 10.6. The number of aryl methyl sites for hydroxylation is 2. The third-order valence-corrected chi connectivity index (χ3v) is 5.18. The van der Waals surface area contributed by atoms with Crippen LogP contribution in [0.5, 0.6) is 0 Å². The molecule has 2 heterocycles. The largest absolute Gasteiger partial charge is 0.370 e. The van der Waals surface area contributed by atoms with Crippen LogP contribution in [0.3, 0.4) is 0 Å². The van der Waals surface area contributed by atoms with Gasteiger partial charge in [-0.15, -0.1) is 0 Å². The molecule has 1 atom stereocenters. The lowest BCUT2D eigenvalue weighted by molar-refractivity contribution is -0.139. The van der Waals surface area contributed by atoms with Crippen LogP contribution in [0, 0.1) is 5.92 Å². The summed E-state index contributed by atoms with van der Waals surface area (Å²) < 4.78 is 7.88. The summed E-state index contributed by atoms with van der Waals surface area (Å²) >= 11 is 0. The molecule has 1 fully saturated rings. The van der Waals surface area contributed by atoms with Crippen molar-refractivity contribution in [2.75, 3.05) is 26.2 Å². The molecule has 2 amide bonds. The minimum atomic E-state index is -0.210. The predicted molar refractivity (Wildman–Crippen MR) is 115 cm³/mol. The van der Waals surface area contributed by atoms with Gasteiger partial charge in [0.05, 0.1) is 25.5 Å². The summed E-state index contributed by atoms with van der Waals surface area (Å²) in [6, 6.07) is 9.97. The zero-order valence-electron chi connectivity index (χ0n) is 18.2. The van der Waals surface area contributed by atoms with E-state index < -0.39 is 0 Å². The Balaban J connectivity index is 1.65. The van der Waals surface area contributed by atoms with Crippen molar-refractivity contribution in [3.8, 4) is 0 Å². The molecule has 0 N–H and O–H groups in total. The molecule has 162 valence electrons. The van der Waals surface area contributed by atoms with Crippen molar-refractivity contribution in [1.29, 1.82) is 0 Å². The van der Waals surface area contributed by atoms with E-state index in [4.69, 9.17) is 4.74 Å². The minimum absolute atomic E-state index is 0.00996. The third-order valence-electron chi connectivity index (χ3n) is 5.18. The summed E-state index contributed by atoms with van der Waals surface area (Å²) in [6.07, 6.45) is 4.45. The van der Waals surface area contributed by atoms with Gasteiger partial charge >= 0.3 is 0 Å². The van der Waals surface area contributed by atoms with Crippen LogP contribution in [-0.4, -0.2) is 63.7 Å². The molecule has 0 unspecified atom stereocenters. The molecule has 0 bridgehead atoms. The van der Waals surface area contributed by atoms with Crippen LogP contribution in [0.4, 0.5) is 0 Å². The standard InChI is InChI=1S/C23H32N4O3/c1-18(2)12-26-14-21(30-17-19-7-5-4-6-8-19)15-27(16-23(26)29)22(28)10-9-20-11-24-25(3)13-20/h4-8,11,13,18,21H,9-10,12,14-17H2,1-3H3/t21-/m1/s1. The second-order valence-corrected chi connectivity index (χ2v) is 8.41. The second kappa shape index (κ2) is 10.4. The highest BCUT2D eigenvalue weighted by Crippen LogP contribution is 2.14. The van der Waals surface area contributed by atoms with E-state index >= 15 is 0 Å². The molecular formula is C23H32N4O3. The molecule has 1 aromatic heterocycles. The quantitative estimate of drug-likeness (QED) is 0.667. The summed E-state index contributed by atoms with van der Waals surface area (Å²) in [5.74, 6) is 0.327. The maximum atomic E-state index is 12.9. The van der Waals surface area contributed by atoms with E-state index in [1.165, 1.54) is 0 Å². The van der Waals surface area contributed by atoms with Crippen LogP contribution < -0.4 is 0 Å². The lowest BCUT2D eigenvalue weighted by Crippen LogP contribution is -2.40. The fourth-order valence-corrected chi connectivity index (χ4v) is 3.69. The zero-order chi connectivity index (χ0) is 21.5. The average molecular weight is 413 g/mol. The van der Waals surface area contributed by atoms with Gasteiger partial charge in [-0.2, -0.15) is 5.10 Å². The van der Waals surface area contributed by atoms with Gasteiger partial charge in [0, 0.05) is 39.3 Å². The van der Waals surface area contributed by atoms with E-state index in [0.717, 1.165) is 11.1 Å². The van der Waals surface area contributed by atoms with Gasteiger partial charge < -0.3 is 14.5 Å². The van der Waals surface area contributed by atoms with Crippen molar-refractivity contribution in [3.05, 3.63) is 53.9 Å². The van der Waals surface area contributed by atoms with E-state index in [1.807, 2.05) is 48.5 Å². The Morgan fingerprint density at radius 3 is 2.63 bits per heavy atom. The lowest BCUT2D eigenvalue weighted by atomic mass is 10.2. The van der Waals surface area contributed by atoms with Crippen LogP contribution in [0.25, 0.3) is 0 Å². The molecule has 0 spiro atoms. The predicted octanol–water partition coefficient (Wildman–Crippen LogP) is 2.26. The summed E-state index contributed by atoms with van der Waals surface area (Å²) in [4.78, 5) is 29.2. The molecule has 1 saturated heterocycles. The Morgan fingerprint density at radius 2 is 1.97 bits per heavy atom. The molecule has 0 saturated carbocycles. The highest BCUT2D eigenvalue weighted by molar-refractivity contribution is 5.85. The monoisotopic (exact) mass is 412 g/mol. The number of carbonyl (C=O) groups is 2. The van der Waals surface area contributed by atoms with Gasteiger partial charge in [0.25, 0.3) is 0 Å². The van der Waals surface area contributed by atoms with Crippen LogP contribution in [-0.2, 0) is 34.4 Å². The highest BCUT2D eigenvalue weighted by atomic mass is 16.5. The number of rotatable bonds is 8. The number of amides is 2. The number of ether oxygens (including phenoxy) is 1. The maximum absolute atomic E-state index is 12.9. The SMILES string of the molecule is CC(C)CN1C[C@@H](OCc2ccccc2)CN(C(=O)CCc2cnn(C)c2)CC1=O. The molecule has 3 rings (SSSR count). The van der Waals surface area contributed by atoms with Gasteiger partial charge in [-0.25, -0.2) is 0 Å². The number of benzene rings is 1. The molecule has 1 aliphatic heterocycles. The fourth-order valence-electron chi connectivity index (χ4n) is 3.69. The molecule has 0 radical (unpaired) electrons. The highest BCUT2D eigenvalue weighted by Gasteiger charge is 2.31. The molecule has 2 aromatic rings. The van der Waals surface area contributed by atoms with E-state index in [0.29, 0.717) is 45.0 Å². The van der Waals surface area contributed by atoms with Gasteiger partial charge in [-0.1, -0.05) is 44.2 Å². The molecule has 30 heavy (non-hydrogen) atoms. The summed E-state index contributed by atoms with van der Waals surface area (Å²) in [7, 11) is 1.86. The Labute approximate surface area is 178 Å². The Morgan fingerprint density at radius 1 is 1.20 bits per heavy atom. The van der Waals surface area contributed by atoms with Gasteiger partial charge in [0.2, 0.25) is 11.8 Å². The van der Waals surface area contributed by atoms with E-state index in [2.05, 4.69) is 18.9 Å². The van der Waals surface area contributed by atoms with E-state index in [-0.39, 0.29) is 24.5 Å². The number of hydrogen-bond acceptors (Lipinski definition) is 4. The zero-order valence-corrected chi connectivity index (χ0v) is 18.2. The first-order valence-corrected chi connectivity index (χ1v) is 10.6. The molecule has 1 aromatic carbocycles. The summed E-state index contributed by atoms with van der Waals surface area (Å²) in [5.41, 5.74) is 2.10. The number of nitrogens with zero attached hydrogens (tertiary/aromatic N) is 4. The molecular weight excluding hydrogens is 380 g/mol. The first kappa shape index (κ1) is 22.0. The Hall–Kier alpha value is -2.67. The van der Waals surface area contributed by atoms with Crippen molar-refractivity contribution >= 4 is 11.8 Å². The van der Waals surface area contributed by atoms with E-state index in [9.17, 15) is 9.59 Å². The lowest BCUT2D eigenvalue weighted by Gasteiger charge is -2.26. The van der Waals surface area contributed by atoms with Gasteiger partial charge in [0.1, 0.15) is 0 Å². The minimum Gasteiger partial charge on any atom is -0.370 e. The number of hydrogen-bond donors (Lipinski definition) is 0. The van der Waals surface area contributed by atoms with Gasteiger partial charge in [-0.05, 0) is 23.5 Å². The fraction of sp³-hybridized carbons (Fsp3) is 0.522. The Bertz CT molecular complexity index is 834. The van der Waals surface area contributed by atoms with Crippen LogP contribution in [0.15, 0.2) is 42.7 Å². The van der Waals surface area contributed by atoms with Crippen molar-refractivity contribution in [2.45, 2.75) is 39.4 Å². The molecule has 7 heteroatoms. The van der Waals surface area contributed by atoms with Crippen molar-refractivity contribution in [1.82, 2.24) is 19.6 Å². The number of aromatic nitrogens is 2. The topological polar surface area (TPSA) is 67.7 Å². The average Bonchev–Trinajstić information content (AvgIpc) is 3.07. The number of carbonyl (C=O) groups excluding carboxylic acids is 2. The molecule has 0 aliphatic carbocycles. The molecule has 7 nitrogen and oxygen atoms in total. The van der Waals surface area contributed by atoms with Crippen LogP contribution in [0.1, 0.15) is 31.4 Å². The smallest absolute Gasteiger partial charge is 0.242 e. The van der Waals surface area contributed by atoms with Crippen molar-refractivity contribution in [3.63, 3.8) is 0 Å². The Kier molecular flexibility index (Phi) is 7.63. The van der Waals surface area contributed by atoms with Gasteiger partial charge in [-0.3, -0.25) is 14.3 Å². The second-order valence-electron chi connectivity index (χ2n) is 8.41.